The van der Waals surface area contributed by atoms with Gasteiger partial charge in [0.05, 0.1) is 11.3 Å². The zero-order valence-corrected chi connectivity index (χ0v) is 13.7. The monoisotopic (exact) mass is 312 g/mol. The second-order valence-electron chi connectivity index (χ2n) is 6.13. The molecule has 0 amide bonds. The summed E-state index contributed by atoms with van der Waals surface area (Å²) >= 11 is 0. The van der Waals surface area contributed by atoms with Gasteiger partial charge in [-0.2, -0.15) is 4.31 Å². The van der Waals surface area contributed by atoms with Gasteiger partial charge in [-0.15, -0.1) is 0 Å². The van der Waals surface area contributed by atoms with Gasteiger partial charge in [0.2, 0.25) is 10.0 Å². The molecule has 0 heterocycles. The summed E-state index contributed by atoms with van der Waals surface area (Å²) in [7, 11) is -2.19. The van der Waals surface area contributed by atoms with Gasteiger partial charge in [0.1, 0.15) is 4.90 Å². The van der Waals surface area contributed by atoms with Crippen LogP contribution in [0.4, 0.5) is 5.69 Å². The van der Waals surface area contributed by atoms with Gasteiger partial charge in [-0.25, -0.2) is 8.42 Å². The Bertz CT molecular complexity index is 635. The molecule has 0 saturated heterocycles. The standard InChI is InChI=1S/C15H24N2O3S/c1-11-6-7-12(2)14(13(11)16)21(19,20)17(3)10-15(18)8-4-5-9-15/h6-7,18H,4-5,8-10,16H2,1-3H3. The molecule has 21 heavy (non-hydrogen) atoms. The highest BCUT2D eigenvalue weighted by Crippen LogP contribution is 2.33. The van der Waals surface area contributed by atoms with Crippen molar-refractivity contribution in [3.05, 3.63) is 23.3 Å². The van der Waals surface area contributed by atoms with Crippen LogP contribution in [-0.4, -0.2) is 37.0 Å². The lowest BCUT2D eigenvalue weighted by molar-refractivity contribution is 0.0333. The van der Waals surface area contributed by atoms with Gasteiger partial charge < -0.3 is 10.8 Å². The first-order chi connectivity index (χ1) is 9.67. The highest BCUT2D eigenvalue weighted by molar-refractivity contribution is 7.89. The molecule has 1 aromatic carbocycles. The van der Waals surface area contributed by atoms with E-state index in [-0.39, 0.29) is 11.4 Å². The van der Waals surface area contributed by atoms with Crippen LogP contribution in [-0.2, 0) is 10.0 Å². The fourth-order valence-electron chi connectivity index (χ4n) is 3.00. The molecule has 1 aromatic rings. The minimum Gasteiger partial charge on any atom is -0.397 e. The number of sulfonamides is 1. The summed E-state index contributed by atoms with van der Waals surface area (Å²) in [6, 6.07) is 3.57. The van der Waals surface area contributed by atoms with E-state index in [1.165, 1.54) is 11.4 Å². The summed E-state index contributed by atoms with van der Waals surface area (Å²) in [6.45, 7) is 3.64. The number of anilines is 1. The number of likely N-dealkylation sites (N-methyl/N-ethyl adjacent to an activating group) is 1. The van der Waals surface area contributed by atoms with E-state index in [9.17, 15) is 13.5 Å². The average Bonchev–Trinajstić information content (AvgIpc) is 2.80. The van der Waals surface area contributed by atoms with Gasteiger partial charge in [-0.05, 0) is 37.8 Å². The highest BCUT2D eigenvalue weighted by atomic mass is 32.2. The molecule has 118 valence electrons. The van der Waals surface area contributed by atoms with Gasteiger partial charge in [0, 0.05) is 13.6 Å². The van der Waals surface area contributed by atoms with E-state index in [1.807, 2.05) is 6.07 Å². The van der Waals surface area contributed by atoms with Crippen molar-refractivity contribution in [1.82, 2.24) is 4.31 Å². The first kappa shape index (κ1) is 16.3. The van der Waals surface area contributed by atoms with E-state index in [0.29, 0.717) is 24.1 Å². The molecule has 0 atom stereocenters. The molecule has 0 aromatic heterocycles. The van der Waals surface area contributed by atoms with Crippen molar-refractivity contribution in [2.24, 2.45) is 0 Å². The van der Waals surface area contributed by atoms with E-state index >= 15 is 0 Å². The lowest BCUT2D eigenvalue weighted by Gasteiger charge is -2.29. The molecular formula is C15H24N2O3S. The maximum Gasteiger partial charge on any atom is 0.245 e. The summed E-state index contributed by atoms with van der Waals surface area (Å²) in [5.41, 5.74) is 6.73. The van der Waals surface area contributed by atoms with Crippen molar-refractivity contribution >= 4 is 15.7 Å². The largest absolute Gasteiger partial charge is 0.397 e. The molecular weight excluding hydrogens is 288 g/mol. The van der Waals surface area contributed by atoms with Gasteiger partial charge in [0.15, 0.2) is 0 Å². The minimum absolute atomic E-state index is 0.113. The van der Waals surface area contributed by atoms with Crippen LogP contribution in [0.1, 0.15) is 36.8 Å². The number of nitrogens with two attached hydrogens (primary N) is 1. The predicted molar refractivity (Wildman–Crippen MR) is 83.6 cm³/mol. The Labute approximate surface area is 126 Å². The van der Waals surface area contributed by atoms with E-state index in [1.54, 1.807) is 19.9 Å². The molecule has 2 rings (SSSR count). The first-order valence-electron chi connectivity index (χ1n) is 7.22. The zero-order valence-electron chi connectivity index (χ0n) is 12.9. The van der Waals surface area contributed by atoms with Crippen LogP contribution in [0.25, 0.3) is 0 Å². The molecule has 0 radical (unpaired) electrons. The van der Waals surface area contributed by atoms with Gasteiger partial charge in [-0.1, -0.05) is 25.0 Å². The molecule has 1 fully saturated rings. The van der Waals surface area contributed by atoms with E-state index < -0.39 is 15.6 Å². The van der Waals surface area contributed by atoms with Crippen LogP contribution in [0.3, 0.4) is 0 Å². The molecule has 3 N–H and O–H groups in total. The third-order valence-electron chi connectivity index (χ3n) is 4.33. The lowest BCUT2D eigenvalue weighted by atomic mass is 10.0. The van der Waals surface area contributed by atoms with Crippen molar-refractivity contribution in [3.63, 3.8) is 0 Å². The van der Waals surface area contributed by atoms with Crippen LogP contribution >= 0.6 is 0 Å². The second-order valence-corrected chi connectivity index (χ2v) is 8.12. The topological polar surface area (TPSA) is 83.6 Å². The molecule has 0 aliphatic heterocycles. The maximum atomic E-state index is 12.8. The number of nitrogens with zero attached hydrogens (tertiary/aromatic N) is 1. The van der Waals surface area contributed by atoms with E-state index in [4.69, 9.17) is 5.73 Å². The second kappa shape index (κ2) is 5.59. The third kappa shape index (κ3) is 3.07. The quantitative estimate of drug-likeness (QED) is 0.831. The Morgan fingerprint density at radius 3 is 2.33 bits per heavy atom. The van der Waals surface area contributed by atoms with Crippen molar-refractivity contribution < 1.29 is 13.5 Å². The van der Waals surface area contributed by atoms with Gasteiger partial charge >= 0.3 is 0 Å². The minimum atomic E-state index is -3.70. The zero-order chi connectivity index (χ0) is 15.8. The summed E-state index contributed by atoms with van der Waals surface area (Å²) in [6.07, 6.45) is 3.18. The van der Waals surface area contributed by atoms with Crippen molar-refractivity contribution in [2.45, 2.75) is 50.0 Å². The number of nitrogen functional groups attached to an aromatic ring is 1. The van der Waals surface area contributed by atoms with Crippen LogP contribution in [0.5, 0.6) is 0 Å². The molecule has 1 saturated carbocycles. The molecule has 0 bridgehead atoms. The normalized spacial score (nSPS) is 18.3. The van der Waals surface area contributed by atoms with Crippen molar-refractivity contribution in [2.75, 3.05) is 19.3 Å². The van der Waals surface area contributed by atoms with Crippen LogP contribution < -0.4 is 5.73 Å². The molecule has 1 aliphatic rings. The number of hydrogen-bond acceptors (Lipinski definition) is 4. The Morgan fingerprint density at radius 2 is 1.76 bits per heavy atom. The Hall–Kier alpha value is -1.11. The highest BCUT2D eigenvalue weighted by Gasteiger charge is 2.36. The Kier molecular flexibility index (Phi) is 4.33. The summed E-state index contributed by atoms with van der Waals surface area (Å²) < 4.78 is 26.8. The third-order valence-corrected chi connectivity index (χ3v) is 6.34. The maximum absolute atomic E-state index is 12.8. The van der Waals surface area contributed by atoms with Crippen molar-refractivity contribution in [1.29, 1.82) is 0 Å². The van der Waals surface area contributed by atoms with Gasteiger partial charge in [0.25, 0.3) is 0 Å². The van der Waals surface area contributed by atoms with Crippen LogP contribution in [0.2, 0.25) is 0 Å². The number of rotatable bonds is 4. The Morgan fingerprint density at radius 1 is 1.24 bits per heavy atom. The number of hydrogen-bond donors (Lipinski definition) is 2. The summed E-state index contributed by atoms with van der Waals surface area (Å²) in [5.74, 6) is 0. The van der Waals surface area contributed by atoms with Crippen molar-refractivity contribution in [3.8, 4) is 0 Å². The van der Waals surface area contributed by atoms with E-state index in [2.05, 4.69) is 0 Å². The summed E-state index contributed by atoms with van der Waals surface area (Å²) in [5, 5.41) is 10.4. The fraction of sp³-hybridized carbons (Fsp3) is 0.600. The van der Waals surface area contributed by atoms with Crippen LogP contribution in [0, 0.1) is 13.8 Å². The van der Waals surface area contributed by atoms with Crippen LogP contribution in [0.15, 0.2) is 17.0 Å². The smallest absolute Gasteiger partial charge is 0.245 e. The number of benzene rings is 1. The molecule has 0 spiro atoms. The molecule has 1 aliphatic carbocycles. The van der Waals surface area contributed by atoms with Gasteiger partial charge in [-0.3, -0.25) is 0 Å². The predicted octanol–water partition coefficient (Wildman–Crippen LogP) is 1.81. The first-order valence-corrected chi connectivity index (χ1v) is 8.66. The fourth-order valence-corrected chi connectivity index (χ4v) is 4.63. The number of aryl methyl sites for hydroxylation is 2. The van der Waals surface area contributed by atoms with E-state index in [0.717, 1.165) is 18.4 Å². The molecule has 0 unspecified atom stereocenters. The number of aliphatic hydroxyl groups is 1. The average molecular weight is 312 g/mol. The SMILES string of the molecule is Cc1ccc(C)c(S(=O)(=O)N(C)CC2(O)CCCC2)c1N. The summed E-state index contributed by atoms with van der Waals surface area (Å²) in [4.78, 5) is 0.159. The lowest BCUT2D eigenvalue weighted by Crippen LogP contribution is -2.42. The Balaban J connectivity index is 2.36. The molecule has 6 heteroatoms. The molecule has 5 nitrogen and oxygen atoms in total.